The number of benzene rings is 3. The van der Waals surface area contributed by atoms with Crippen LogP contribution in [-0.2, 0) is 16.6 Å². The van der Waals surface area contributed by atoms with E-state index in [0.717, 1.165) is 5.56 Å². The number of hydrogen-bond donors (Lipinski definition) is 3. The SMILES string of the molecule is CC(C)(C)c1ccc(C(=O)Nc2cccc(NC(=S)NC(=O)Cc3ccccc3)c2)cc1. The Morgan fingerprint density at radius 3 is 2.06 bits per heavy atom. The van der Waals surface area contributed by atoms with E-state index in [4.69, 9.17) is 12.2 Å². The molecule has 3 aromatic carbocycles. The molecule has 3 N–H and O–H groups in total. The second-order valence-corrected chi connectivity index (χ2v) is 8.94. The van der Waals surface area contributed by atoms with Crippen LogP contribution in [-0.4, -0.2) is 16.9 Å². The fourth-order valence-corrected chi connectivity index (χ4v) is 3.35. The van der Waals surface area contributed by atoms with Crippen LogP contribution in [0.3, 0.4) is 0 Å². The van der Waals surface area contributed by atoms with Crippen molar-refractivity contribution in [3.05, 3.63) is 95.6 Å². The third-order valence-corrected chi connectivity index (χ3v) is 5.06. The van der Waals surface area contributed by atoms with Crippen LogP contribution in [0.4, 0.5) is 11.4 Å². The maximum atomic E-state index is 12.6. The summed E-state index contributed by atoms with van der Waals surface area (Å²) in [7, 11) is 0. The van der Waals surface area contributed by atoms with Crippen molar-refractivity contribution < 1.29 is 9.59 Å². The number of rotatable bonds is 5. The van der Waals surface area contributed by atoms with Crippen LogP contribution in [0.15, 0.2) is 78.9 Å². The molecule has 0 bridgehead atoms. The first-order valence-corrected chi connectivity index (χ1v) is 10.8. The Morgan fingerprint density at radius 2 is 1.44 bits per heavy atom. The number of hydrogen-bond acceptors (Lipinski definition) is 3. The van der Waals surface area contributed by atoms with Crippen LogP contribution in [0.5, 0.6) is 0 Å². The molecule has 32 heavy (non-hydrogen) atoms. The molecule has 3 rings (SSSR count). The van der Waals surface area contributed by atoms with E-state index in [0.29, 0.717) is 16.9 Å². The summed E-state index contributed by atoms with van der Waals surface area (Å²) in [6.45, 7) is 6.40. The van der Waals surface area contributed by atoms with Gasteiger partial charge < -0.3 is 16.0 Å². The van der Waals surface area contributed by atoms with Gasteiger partial charge in [-0.2, -0.15) is 0 Å². The van der Waals surface area contributed by atoms with Crippen LogP contribution >= 0.6 is 12.2 Å². The Morgan fingerprint density at radius 1 is 0.812 bits per heavy atom. The van der Waals surface area contributed by atoms with Crippen LogP contribution < -0.4 is 16.0 Å². The summed E-state index contributed by atoms with van der Waals surface area (Å²) < 4.78 is 0. The van der Waals surface area contributed by atoms with Crippen molar-refractivity contribution in [3.63, 3.8) is 0 Å². The molecule has 5 nitrogen and oxygen atoms in total. The molecule has 0 aromatic heterocycles. The third kappa shape index (κ3) is 6.75. The van der Waals surface area contributed by atoms with E-state index in [2.05, 4.69) is 36.7 Å². The van der Waals surface area contributed by atoms with Crippen molar-refractivity contribution in [2.24, 2.45) is 0 Å². The van der Waals surface area contributed by atoms with Crippen molar-refractivity contribution in [1.82, 2.24) is 5.32 Å². The first kappa shape index (κ1) is 23.2. The molecule has 0 saturated heterocycles. The fourth-order valence-electron chi connectivity index (χ4n) is 3.11. The van der Waals surface area contributed by atoms with Gasteiger partial charge in [0.1, 0.15) is 0 Å². The van der Waals surface area contributed by atoms with Gasteiger partial charge in [0.05, 0.1) is 6.42 Å². The summed E-state index contributed by atoms with van der Waals surface area (Å²) >= 11 is 5.25. The Kier molecular flexibility index (Phi) is 7.38. The molecule has 0 saturated carbocycles. The number of amides is 2. The van der Waals surface area contributed by atoms with Crippen LogP contribution in [0.1, 0.15) is 42.3 Å². The highest BCUT2D eigenvalue weighted by atomic mass is 32.1. The molecule has 164 valence electrons. The Balaban J connectivity index is 1.57. The summed E-state index contributed by atoms with van der Waals surface area (Å²) in [4.78, 5) is 24.8. The van der Waals surface area contributed by atoms with E-state index < -0.39 is 0 Å². The first-order valence-electron chi connectivity index (χ1n) is 10.4. The van der Waals surface area contributed by atoms with Gasteiger partial charge in [-0.25, -0.2) is 0 Å². The quantitative estimate of drug-likeness (QED) is 0.467. The lowest BCUT2D eigenvalue weighted by molar-refractivity contribution is -0.119. The van der Waals surface area contributed by atoms with Gasteiger partial charge >= 0.3 is 0 Å². The molecular formula is C26H27N3O2S. The van der Waals surface area contributed by atoms with Crippen molar-refractivity contribution in [3.8, 4) is 0 Å². The van der Waals surface area contributed by atoms with E-state index in [1.807, 2.05) is 60.7 Å². The third-order valence-electron chi connectivity index (χ3n) is 4.85. The Bertz CT molecular complexity index is 1100. The molecule has 2 amide bonds. The highest BCUT2D eigenvalue weighted by Gasteiger charge is 2.14. The molecule has 0 aliphatic rings. The van der Waals surface area contributed by atoms with E-state index in [1.54, 1.807) is 18.2 Å². The highest BCUT2D eigenvalue weighted by Crippen LogP contribution is 2.23. The summed E-state index contributed by atoms with van der Waals surface area (Å²) in [5, 5.41) is 8.75. The molecule has 6 heteroatoms. The molecule has 0 fully saturated rings. The van der Waals surface area contributed by atoms with E-state index in [1.165, 1.54) is 5.56 Å². The zero-order valence-corrected chi connectivity index (χ0v) is 19.3. The van der Waals surface area contributed by atoms with Gasteiger partial charge in [-0.3, -0.25) is 9.59 Å². The number of thiocarbonyl (C=S) groups is 1. The second-order valence-electron chi connectivity index (χ2n) is 8.53. The molecule has 0 radical (unpaired) electrons. The molecule has 0 unspecified atom stereocenters. The van der Waals surface area contributed by atoms with Gasteiger partial charge in [0.2, 0.25) is 5.91 Å². The minimum absolute atomic E-state index is 0.0317. The van der Waals surface area contributed by atoms with Crippen molar-refractivity contribution in [2.75, 3.05) is 10.6 Å². The first-order chi connectivity index (χ1) is 15.2. The highest BCUT2D eigenvalue weighted by molar-refractivity contribution is 7.80. The van der Waals surface area contributed by atoms with Gasteiger partial charge in [0.15, 0.2) is 5.11 Å². The number of carbonyl (C=O) groups excluding carboxylic acids is 2. The topological polar surface area (TPSA) is 70.2 Å². The van der Waals surface area contributed by atoms with Gasteiger partial charge in [-0.1, -0.05) is 69.3 Å². The molecule has 0 heterocycles. The summed E-state index contributed by atoms with van der Waals surface area (Å²) in [5.41, 5.74) is 3.98. The number of nitrogens with one attached hydrogen (secondary N) is 3. The molecule has 0 aliphatic heterocycles. The Hall–Kier alpha value is -3.51. The predicted octanol–water partition coefficient (Wildman–Crippen LogP) is 5.29. The van der Waals surface area contributed by atoms with Gasteiger partial charge in [-0.15, -0.1) is 0 Å². The minimum Gasteiger partial charge on any atom is -0.332 e. The standard InChI is InChI=1S/C26H27N3O2S/c1-26(2,3)20-14-12-19(13-15-20)24(31)27-21-10-7-11-22(17-21)28-25(32)29-23(30)16-18-8-5-4-6-9-18/h4-15,17H,16H2,1-3H3,(H,27,31)(H2,28,29,30,32). The Labute approximate surface area is 194 Å². The van der Waals surface area contributed by atoms with Crippen LogP contribution in [0.25, 0.3) is 0 Å². The van der Waals surface area contributed by atoms with Gasteiger partial charge in [0.25, 0.3) is 5.91 Å². The molecule has 0 spiro atoms. The van der Waals surface area contributed by atoms with Crippen molar-refractivity contribution in [2.45, 2.75) is 32.6 Å². The van der Waals surface area contributed by atoms with Crippen LogP contribution in [0.2, 0.25) is 0 Å². The second kappa shape index (κ2) is 10.2. The van der Waals surface area contributed by atoms with E-state index in [-0.39, 0.29) is 28.8 Å². The summed E-state index contributed by atoms with van der Waals surface area (Å²) in [6, 6.07) is 24.2. The number of anilines is 2. The lowest BCUT2D eigenvalue weighted by atomic mass is 9.87. The summed E-state index contributed by atoms with van der Waals surface area (Å²) in [6.07, 6.45) is 0.243. The predicted molar refractivity (Wildman–Crippen MR) is 134 cm³/mol. The van der Waals surface area contributed by atoms with Crippen molar-refractivity contribution in [1.29, 1.82) is 0 Å². The fraction of sp³-hybridized carbons (Fsp3) is 0.192. The average Bonchev–Trinajstić information content (AvgIpc) is 2.74. The zero-order valence-electron chi connectivity index (χ0n) is 18.4. The molecule has 3 aromatic rings. The largest absolute Gasteiger partial charge is 0.332 e. The molecule has 0 atom stereocenters. The lowest BCUT2D eigenvalue weighted by Gasteiger charge is -2.19. The van der Waals surface area contributed by atoms with E-state index in [9.17, 15) is 9.59 Å². The summed E-state index contributed by atoms with van der Waals surface area (Å²) in [5.74, 6) is -0.391. The maximum Gasteiger partial charge on any atom is 0.255 e. The smallest absolute Gasteiger partial charge is 0.255 e. The van der Waals surface area contributed by atoms with E-state index >= 15 is 0 Å². The van der Waals surface area contributed by atoms with Crippen molar-refractivity contribution >= 4 is 40.5 Å². The average molecular weight is 446 g/mol. The normalized spacial score (nSPS) is 10.8. The van der Waals surface area contributed by atoms with Gasteiger partial charge in [-0.05, 0) is 59.1 Å². The molecular weight excluding hydrogens is 418 g/mol. The maximum absolute atomic E-state index is 12.6. The van der Waals surface area contributed by atoms with Gasteiger partial charge in [0, 0.05) is 16.9 Å². The zero-order chi connectivity index (χ0) is 23.1. The monoisotopic (exact) mass is 445 g/mol. The van der Waals surface area contributed by atoms with Crippen LogP contribution in [0, 0.1) is 0 Å². The number of carbonyl (C=O) groups is 2. The lowest BCUT2D eigenvalue weighted by Crippen LogP contribution is -2.35. The minimum atomic E-state index is -0.197. The molecule has 0 aliphatic carbocycles.